The van der Waals surface area contributed by atoms with Crippen LogP contribution in [0.5, 0.6) is 0 Å². The standard InChI is InChI=1S/C15H28N2O4/c1-5-16(11-13(18)19)10-12-6-8-17(9-7-12)14(20)21-15(2,3)4/h12H,5-11H2,1-4H3,(H,18,19). The molecule has 0 aliphatic carbocycles. The number of hydrogen-bond donors (Lipinski definition) is 1. The second-order valence-corrected chi connectivity index (χ2v) is 6.63. The van der Waals surface area contributed by atoms with E-state index >= 15 is 0 Å². The predicted octanol–water partition coefficient (Wildman–Crippen LogP) is 2.04. The summed E-state index contributed by atoms with van der Waals surface area (Å²) in [4.78, 5) is 26.4. The average molecular weight is 300 g/mol. The number of likely N-dealkylation sites (N-methyl/N-ethyl adjacent to an activating group) is 1. The smallest absolute Gasteiger partial charge is 0.410 e. The van der Waals surface area contributed by atoms with Crippen molar-refractivity contribution in [1.29, 1.82) is 0 Å². The SMILES string of the molecule is CCN(CC(=O)O)CC1CCN(C(=O)OC(C)(C)C)CC1. The Morgan fingerprint density at radius 2 is 1.86 bits per heavy atom. The van der Waals surface area contributed by atoms with E-state index in [1.807, 2.05) is 32.6 Å². The molecule has 0 aromatic rings. The first-order valence-electron chi connectivity index (χ1n) is 7.63. The molecule has 1 saturated heterocycles. The number of ether oxygens (including phenoxy) is 1. The highest BCUT2D eigenvalue weighted by atomic mass is 16.6. The Kier molecular flexibility index (Phi) is 6.45. The van der Waals surface area contributed by atoms with Crippen LogP contribution in [0.3, 0.4) is 0 Å². The van der Waals surface area contributed by atoms with Gasteiger partial charge in [-0.3, -0.25) is 9.69 Å². The molecule has 1 amide bonds. The van der Waals surface area contributed by atoms with E-state index in [9.17, 15) is 9.59 Å². The van der Waals surface area contributed by atoms with Crippen molar-refractivity contribution in [1.82, 2.24) is 9.80 Å². The molecule has 0 radical (unpaired) electrons. The molecule has 0 aromatic carbocycles. The molecule has 0 bridgehead atoms. The zero-order chi connectivity index (χ0) is 16.0. The fourth-order valence-corrected chi connectivity index (χ4v) is 2.49. The van der Waals surface area contributed by atoms with Crippen LogP contribution in [0.2, 0.25) is 0 Å². The molecule has 21 heavy (non-hydrogen) atoms. The molecule has 1 aliphatic rings. The Hall–Kier alpha value is -1.30. The van der Waals surface area contributed by atoms with Gasteiger partial charge in [-0.1, -0.05) is 6.92 Å². The summed E-state index contributed by atoms with van der Waals surface area (Å²) in [5, 5.41) is 8.86. The van der Waals surface area contributed by atoms with Crippen molar-refractivity contribution < 1.29 is 19.4 Å². The topological polar surface area (TPSA) is 70.1 Å². The molecule has 0 aromatic heterocycles. The summed E-state index contributed by atoms with van der Waals surface area (Å²) >= 11 is 0. The number of piperidine rings is 1. The normalized spacial score (nSPS) is 17.1. The third-order valence-electron chi connectivity index (χ3n) is 3.59. The van der Waals surface area contributed by atoms with Crippen molar-refractivity contribution in [2.45, 2.75) is 46.1 Å². The Labute approximate surface area is 127 Å². The number of likely N-dealkylation sites (tertiary alicyclic amines) is 1. The van der Waals surface area contributed by atoms with Gasteiger partial charge in [0.2, 0.25) is 0 Å². The lowest BCUT2D eigenvalue weighted by Crippen LogP contribution is -2.44. The van der Waals surface area contributed by atoms with Crippen LogP contribution < -0.4 is 0 Å². The maximum atomic E-state index is 12.0. The van der Waals surface area contributed by atoms with Crippen molar-refractivity contribution in [2.75, 3.05) is 32.7 Å². The second kappa shape index (κ2) is 7.64. The Morgan fingerprint density at radius 3 is 2.29 bits per heavy atom. The Bertz CT molecular complexity index is 357. The van der Waals surface area contributed by atoms with Crippen LogP contribution in [-0.4, -0.2) is 65.3 Å². The van der Waals surface area contributed by atoms with E-state index in [1.165, 1.54) is 0 Å². The van der Waals surface area contributed by atoms with Gasteiger partial charge in [-0.2, -0.15) is 0 Å². The van der Waals surface area contributed by atoms with Crippen LogP contribution in [-0.2, 0) is 9.53 Å². The van der Waals surface area contributed by atoms with Crippen molar-refractivity contribution >= 4 is 12.1 Å². The maximum absolute atomic E-state index is 12.0. The summed E-state index contributed by atoms with van der Waals surface area (Å²) < 4.78 is 5.37. The fourth-order valence-electron chi connectivity index (χ4n) is 2.49. The molecule has 0 saturated carbocycles. The van der Waals surface area contributed by atoms with E-state index in [4.69, 9.17) is 9.84 Å². The van der Waals surface area contributed by atoms with Gasteiger partial charge < -0.3 is 14.7 Å². The third-order valence-corrected chi connectivity index (χ3v) is 3.59. The molecule has 0 spiro atoms. The molecular weight excluding hydrogens is 272 g/mol. The van der Waals surface area contributed by atoms with Gasteiger partial charge in [0.1, 0.15) is 5.60 Å². The summed E-state index contributed by atoms with van der Waals surface area (Å²) in [7, 11) is 0. The van der Waals surface area contributed by atoms with Gasteiger partial charge >= 0.3 is 12.1 Å². The molecule has 1 fully saturated rings. The first kappa shape index (κ1) is 17.8. The highest BCUT2D eigenvalue weighted by Gasteiger charge is 2.27. The number of hydrogen-bond acceptors (Lipinski definition) is 4. The molecule has 1 N–H and O–H groups in total. The molecular formula is C15H28N2O4. The maximum Gasteiger partial charge on any atom is 0.410 e. The summed E-state index contributed by atoms with van der Waals surface area (Å²) in [6.07, 6.45) is 1.55. The lowest BCUT2D eigenvalue weighted by atomic mass is 9.96. The summed E-state index contributed by atoms with van der Waals surface area (Å²) in [6.45, 7) is 10.5. The zero-order valence-electron chi connectivity index (χ0n) is 13.6. The Morgan fingerprint density at radius 1 is 1.29 bits per heavy atom. The highest BCUT2D eigenvalue weighted by molar-refractivity contribution is 5.69. The largest absolute Gasteiger partial charge is 0.480 e. The summed E-state index contributed by atoms with van der Waals surface area (Å²) in [6, 6.07) is 0. The lowest BCUT2D eigenvalue weighted by Gasteiger charge is -2.35. The van der Waals surface area contributed by atoms with E-state index < -0.39 is 11.6 Å². The minimum Gasteiger partial charge on any atom is -0.480 e. The van der Waals surface area contributed by atoms with Crippen LogP contribution in [0.25, 0.3) is 0 Å². The molecule has 6 nitrogen and oxygen atoms in total. The zero-order valence-corrected chi connectivity index (χ0v) is 13.6. The molecule has 1 rings (SSSR count). The van der Waals surface area contributed by atoms with Crippen LogP contribution >= 0.6 is 0 Å². The summed E-state index contributed by atoms with van der Waals surface area (Å²) in [5.41, 5.74) is -0.464. The number of rotatable bonds is 5. The van der Waals surface area contributed by atoms with E-state index in [-0.39, 0.29) is 12.6 Å². The van der Waals surface area contributed by atoms with Gasteiger partial charge in [0.25, 0.3) is 0 Å². The number of amides is 1. The van der Waals surface area contributed by atoms with Crippen LogP contribution in [0.1, 0.15) is 40.5 Å². The summed E-state index contributed by atoms with van der Waals surface area (Å²) in [5.74, 6) is -0.342. The molecule has 122 valence electrons. The predicted molar refractivity (Wildman–Crippen MR) is 80.3 cm³/mol. The second-order valence-electron chi connectivity index (χ2n) is 6.63. The number of aliphatic carboxylic acids is 1. The van der Waals surface area contributed by atoms with Gasteiger partial charge in [0.15, 0.2) is 0 Å². The molecule has 6 heteroatoms. The van der Waals surface area contributed by atoms with Crippen LogP contribution in [0, 0.1) is 5.92 Å². The van der Waals surface area contributed by atoms with Crippen LogP contribution in [0.15, 0.2) is 0 Å². The highest BCUT2D eigenvalue weighted by Crippen LogP contribution is 2.20. The van der Waals surface area contributed by atoms with E-state index in [0.717, 1.165) is 25.9 Å². The van der Waals surface area contributed by atoms with Crippen molar-refractivity contribution in [3.05, 3.63) is 0 Å². The molecule has 1 aliphatic heterocycles. The average Bonchev–Trinajstić information content (AvgIpc) is 2.36. The van der Waals surface area contributed by atoms with Crippen LogP contribution in [0.4, 0.5) is 4.79 Å². The number of carbonyl (C=O) groups is 2. The first-order chi connectivity index (χ1) is 9.71. The third kappa shape index (κ3) is 6.80. The van der Waals surface area contributed by atoms with E-state index in [2.05, 4.69) is 0 Å². The van der Waals surface area contributed by atoms with Gasteiger partial charge in [-0.05, 0) is 46.1 Å². The van der Waals surface area contributed by atoms with Gasteiger partial charge in [0.05, 0.1) is 6.54 Å². The Balaban J connectivity index is 2.38. The minimum atomic E-state index is -0.789. The molecule has 0 atom stereocenters. The van der Waals surface area contributed by atoms with Gasteiger partial charge in [-0.25, -0.2) is 4.79 Å². The van der Waals surface area contributed by atoms with Crippen molar-refractivity contribution in [3.63, 3.8) is 0 Å². The monoisotopic (exact) mass is 300 g/mol. The van der Waals surface area contributed by atoms with Crippen molar-refractivity contribution in [3.8, 4) is 0 Å². The van der Waals surface area contributed by atoms with Gasteiger partial charge in [-0.15, -0.1) is 0 Å². The fraction of sp³-hybridized carbons (Fsp3) is 0.867. The molecule has 1 heterocycles. The van der Waals surface area contributed by atoms with E-state index in [0.29, 0.717) is 19.0 Å². The first-order valence-corrected chi connectivity index (χ1v) is 7.63. The number of carboxylic acids is 1. The number of carboxylic acid groups (broad SMARTS) is 1. The van der Waals surface area contributed by atoms with Gasteiger partial charge in [0, 0.05) is 19.6 Å². The lowest BCUT2D eigenvalue weighted by molar-refractivity contribution is -0.138. The number of nitrogens with zero attached hydrogens (tertiary/aromatic N) is 2. The van der Waals surface area contributed by atoms with Crippen molar-refractivity contribution in [2.24, 2.45) is 5.92 Å². The quantitative estimate of drug-likeness (QED) is 0.841. The van der Waals surface area contributed by atoms with E-state index in [1.54, 1.807) is 4.90 Å². The molecule has 0 unspecified atom stereocenters. The number of carbonyl (C=O) groups excluding carboxylic acids is 1. The minimum absolute atomic E-state index is 0.0861.